The lowest BCUT2D eigenvalue weighted by molar-refractivity contribution is -0.113. The van der Waals surface area contributed by atoms with Crippen molar-refractivity contribution in [3.8, 4) is 11.8 Å². The Morgan fingerprint density at radius 3 is 2.85 bits per heavy atom. The van der Waals surface area contributed by atoms with Gasteiger partial charge in [-0.2, -0.15) is 13.2 Å². The Labute approximate surface area is 146 Å². The van der Waals surface area contributed by atoms with Gasteiger partial charge >= 0.3 is 6.18 Å². The number of carbonyl (C=O) groups is 1. The number of amides is 1. The molecular weight excluding hydrogens is 351 g/mol. The Morgan fingerprint density at radius 1 is 1.50 bits per heavy atom. The molecule has 2 rings (SSSR count). The third-order valence-electron chi connectivity index (χ3n) is 2.74. The monoisotopic (exact) mass is 365 g/mol. The van der Waals surface area contributed by atoms with Gasteiger partial charge in [-0.05, 0) is 25.8 Å². The van der Waals surface area contributed by atoms with Gasteiger partial charge < -0.3 is 10.5 Å². The number of hydrogen-bond donors (Lipinski definition) is 1. The standard InChI is InChI=1S/C16H14F3N5O2/c1-10(2)26-14-6-5-11(8-12(22-14)16(17,18)19)15-21-9-24(23-15)7-3-4-13(20)25/h4,7-10,14H,1-2H3,(H2,20,25). The maximum atomic E-state index is 13.2. The second kappa shape index (κ2) is 7.82. The van der Waals surface area contributed by atoms with E-state index in [1.165, 1.54) is 12.5 Å². The van der Waals surface area contributed by atoms with Crippen LogP contribution in [-0.2, 0) is 9.53 Å². The van der Waals surface area contributed by atoms with Gasteiger partial charge in [0.2, 0.25) is 12.1 Å². The number of alkyl halides is 3. The van der Waals surface area contributed by atoms with Crippen molar-refractivity contribution in [1.29, 1.82) is 0 Å². The SMILES string of the molecule is CC(C)OC1C#CC(c2ncn(C=C=CC(N)=O)n2)=CC(C(F)(F)F)=N1. The summed E-state index contributed by atoms with van der Waals surface area (Å²) in [6, 6.07) is 0. The highest BCUT2D eigenvalue weighted by molar-refractivity contribution is 6.06. The van der Waals surface area contributed by atoms with Crippen LogP contribution in [0, 0.1) is 11.8 Å². The number of nitrogens with two attached hydrogens (primary N) is 1. The molecule has 136 valence electrons. The molecule has 1 unspecified atom stereocenters. The van der Waals surface area contributed by atoms with Crippen LogP contribution < -0.4 is 5.73 Å². The van der Waals surface area contributed by atoms with Crippen molar-refractivity contribution in [2.24, 2.45) is 10.7 Å². The summed E-state index contributed by atoms with van der Waals surface area (Å²) < 4.78 is 45.9. The molecule has 0 spiro atoms. The lowest BCUT2D eigenvalue weighted by Crippen LogP contribution is -2.24. The van der Waals surface area contributed by atoms with E-state index >= 15 is 0 Å². The van der Waals surface area contributed by atoms with Gasteiger partial charge in [0.05, 0.1) is 17.9 Å². The first kappa shape index (κ1) is 19.2. The first-order chi connectivity index (χ1) is 12.1. The predicted molar refractivity (Wildman–Crippen MR) is 87.3 cm³/mol. The molecule has 0 saturated carbocycles. The van der Waals surface area contributed by atoms with E-state index in [-0.39, 0.29) is 17.5 Å². The van der Waals surface area contributed by atoms with Gasteiger partial charge in [0.25, 0.3) is 0 Å². The number of hydrogen-bond acceptors (Lipinski definition) is 5. The zero-order valence-electron chi connectivity index (χ0n) is 13.8. The van der Waals surface area contributed by atoms with Crippen molar-refractivity contribution in [3.63, 3.8) is 0 Å². The third-order valence-corrected chi connectivity index (χ3v) is 2.74. The quantitative estimate of drug-likeness (QED) is 0.486. The van der Waals surface area contributed by atoms with Crippen LogP contribution in [0.4, 0.5) is 13.2 Å². The maximum Gasteiger partial charge on any atom is 0.433 e. The Balaban J connectivity index is 2.37. The van der Waals surface area contributed by atoms with Gasteiger partial charge in [-0.3, -0.25) is 4.79 Å². The van der Waals surface area contributed by atoms with E-state index in [1.807, 2.05) is 0 Å². The van der Waals surface area contributed by atoms with Gasteiger partial charge in [0, 0.05) is 6.08 Å². The number of aromatic nitrogens is 3. The van der Waals surface area contributed by atoms with E-state index in [1.54, 1.807) is 13.8 Å². The molecule has 0 aromatic carbocycles. The second-order valence-corrected chi connectivity index (χ2v) is 5.27. The first-order valence-electron chi connectivity index (χ1n) is 7.32. The molecule has 0 saturated heterocycles. The van der Waals surface area contributed by atoms with Gasteiger partial charge in [-0.1, -0.05) is 11.7 Å². The topological polar surface area (TPSA) is 95.4 Å². The van der Waals surface area contributed by atoms with Crippen LogP contribution in [0.15, 0.2) is 29.2 Å². The van der Waals surface area contributed by atoms with Crippen LogP contribution in [0.2, 0.25) is 0 Å². The third kappa shape index (κ3) is 5.44. The zero-order valence-corrected chi connectivity index (χ0v) is 13.8. The molecule has 7 nitrogen and oxygen atoms in total. The summed E-state index contributed by atoms with van der Waals surface area (Å²) in [6.07, 6.45) is -2.11. The van der Waals surface area contributed by atoms with Crippen LogP contribution in [0.3, 0.4) is 0 Å². The van der Waals surface area contributed by atoms with E-state index in [2.05, 4.69) is 32.6 Å². The lowest BCUT2D eigenvalue weighted by atomic mass is 10.2. The maximum absolute atomic E-state index is 13.2. The van der Waals surface area contributed by atoms with Crippen LogP contribution in [0.5, 0.6) is 0 Å². The molecule has 2 N–H and O–H groups in total. The smallest absolute Gasteiger partial charge is 0.366 e. The van der Waals surface area contributed by atoms with Crippen LogP contribution in [0.25, 0.3) is 11.8 Å². The number of ether oxygens (including phenoxy) is 1. The summed E-state index contributed by atoms with van der Waals surface area (Å²) in [6.45, 7) is 3.33. The van der Waals surface area contributed by atoms with Crippen LogP contribution >= 0.6 is 0 Å². The second-order valence-electron chi connectivity index (χ2n) is 5.27. The number of rotatable bonds is 5. The molecule has 1 amide bonds. The van der Waals surface area contributed by atoms with Crippen molar-refractivity contribution in [2.75, 3.05) is 0 Å². The Hall–Kier alpha value is -3.15. The number of carbonyl (C=O) groups excluding carboxylic acids is 1. The van der Waals surface area contributed by atoms with E-state index < -0.39 is 24.0 Å². The average Bonchev–Trinajstić information content (AvgIpc) is 2.86. The Kier molecular flexibility index (Phi) is 5.77. The molecule has 1 aliphatic heterocycles. The van der Waals surface area contributed by atoms with Crippen molar-refractivity contribution >= 4 is 23.4 Å². The number of nitrogens with zero attached hydrogens (tertiary/aromatic N) is 4. The number of aliphatic imine (C=N–C) groups is 1. The first-order valence-corrected chi connectivity index (χ1v) is 7.32. The van der Waals surface area contributed by atoms with Crippen LogP contribution in [-0.4, -0.2) is 44.9 Å². The highest BCUT2D eigenvalue weighted by atomic mass is 19.4. The summed E-state index contributed by atoms with van der Waals surface area (Å²) in [5.74, 6) is 4.33. The summed E-state index contributed by atoms with van der Waals surface area (Å²) in [5.41, 5.74) is 6.14. The van der Waals surface area contributed by atoms with Gasteiger partial charge in [-0.25, -0.2) is 14.7 Å². The fraction of sp³-hybridized carbons (Fsp3) is 0.312. The molecule has 1 aromatic heterocycles. The predicted octanol–water partition coefficient (Wildman–Crippen LogP) is 1.54. The summed E-state index contributed by atoms with van der Waals surface area (Å²) in [5, 5.41) is 3.96. The molecule has 1 aliphatic rings. The van der Waals surface area contributed by atoms with Crippen molar-refractivity contribution in [3.05, 3.63) is 30.0 Å². The van der Waals surface area contributed by atoms with Crippen LogP contribution in [0.1, 0.15) is 19.7 Å². The molecule has 0 aliphatic carbocycles. The Morgan fingerprint density at radius 2 is 2.23 bits per heavy atom. The van der Waals surface area contributed by atoms with Gasteiger partial charge in [-0.15, -0.1) is 5.10 Å². The van der Waals surface area contributed by atoms with Crippen molar-refractivity contribution in [2.45, 2.75) is 32.4 Å². The minimum absolute atomic E-state index is 0.0447. The summed E-state index contributed by atoms with van der Waals surface area (Å²) in [4.78, 5) is 18.0. The molecule has 0 bridgehead atoms. The van der Waals surface area contributed by atoms with Gasteiger partial charge in [0.15, 0.2) is 5.82 Å². The minimum atomic E-state index is -4.69. The number of halogens is 3. The van der Waals surface area contributed by atoms with E-state index in [4.69, 9.17) is 10.5 Å². The number of allylic oxidation sites excluding steroid dienone is 2. The highest BCUT2D eigenvalue weighted by Crippen LogP contribution is 2.23. The van der Waals surface area contributed by atoms with Crippen molar-refractivity contribution < 1.29 is 22.7 Å². The molecule has 1 aromatic rings. The van der Waals surface area contributed by atoms with E-state index in [9.17, 15) is 18.0 Å². The minimum Gasteiger partial charge on any atom is -0.366 e. The van der Waals surface area contributed by atoms with E-state index in [0.29, 0.717) is 0 Å². The van der Waals surface area contributed by atoms with Gasteiger partial charge in [0.1, 0.15) is 12.0 Å². The molecule has 26 heavy (non-hydrogen) atoms. The largest absolute Gasteiger partial charge is 0.433 e. The molecule has 10 heteroatoms. The molecule has 0 fully saturated rings. The normalized spacial score (nSPS) is 16.6. The fourth-order valence-corrected chi connectivity index (χ4v) is 1.76. The summed E-state index contributed by atoms with van der Waals surface area (Å²) in [7, 11) is 0. The molecular formula is C16H14F3N5O2. The van der Waals surface area contributed by atoms with Crippen molar-refractivity contribution in [1.82, 2.24) is 14.8 Å². The van der Waals surface area contributed by atoms with E-state index in [0.717, 1.165) is 16.8 Å². The molecule has 2 heterocycles. The molecule has 0 radical (unpaired) electrons. The summed E-state index contributed by atoms with van der Waals surface area (Å²) >= 11 is 0. The molecule has 1 atom stereocenters. The highest BCUT2D eigenvalue weighted by Gasteiger charge is 2.36. The average molecular weight is 365 g/mol. The fourth-order valence-electron chi connectivity index (χ4n) is 1.76. The lowest BCUT2D eigenvalue weighted by Gasteiger charge is -2.13. The Bertz CT molecular complexity index is 878. The zero-order chi connectivity index (χ0) is 19.3. The number of primary amides is 1.